The Morgan fingerprint density at radius 2 is 1.84 bits per heavy atom. The number of hydrogen-bond acceptors (Lipinski definition) is 6. The van der Waals surface area contributed by atoms with Crippen LogP contribution in [0.3, 0.4) is 0 Å². The molecule has 0 heterocycles. The zero-order valence-electron chi connectivity index (χ0n) is 13.8. The average molecular weight is 392 g/mol. The third-order valence-electron chi connectivity index (χ3n) is 2.55. The molecule has 11 heteroatoms. The Hall–Kier alpha value is -2.17. The molecule has 0 saturated heterocycles. The minimum Gasteiger partial charge on any atom is -0.452 e. The number of amides is 3. The van der Waals surface area contributed by atoms with Gasteiger partial charge in [0.15, 0.2) is 6.61 Å². The Bertz CT molecular complexity index is 801. The number of hydrogen-bond donors (Lipinski definition) is 3. The van der Waals surface area contributed by atoms with Crippen molar-refractivity contribution >= 4 is 39.5 Å². The van der Waals surface area contributed by atoms with Crippen molar-refractivity contribution < 1.29 is 27.5 Å². The quantitative estimate of drug-likeness (QED) is 0.646. The van der Waals surface area contributed by atoms with Gasteiger partial charge in [0.2, 0.25) is 10.0 Å². The molecular weight excluding hydrogens is 374 g/mol. The van der Waals surface area contributed by atoms with E-state index in [4.69, 9.17) is 21.5 Å². The Morgan fingerprint density at radius 1 is 1.24 bits per heavy atom. The van der Waals surface area contributed by atoms with E-state index in [-0.39, 0.29) is 10.6 Å². The van der Waals surface area contributed by atoms with Gasteiger partial charge in [0.05, 0.1) is 10.6 Å². The van der Waals surface area contributed by atoms with Crippen LogP contribution in [0.1, 0.15) is 31.1 Å². The van der Waals surface area contributed by atoms with Crippen molar-refractivity contribution in [3.63, 3.8) is 0 Å². The second-order valence-corrected chi connectivity index (χ2v) is 7.96. The third-order valence-corrected chi connectivity index (χ3v) is 3.94. The van der Waals surface area contributed by atoms with E-state index < -0.39 is 45.0 Å². The van der Waals surface area contributed by atoms with Gasteiger partial charge in [0, 0.05) is 5.54 Å². The van der Waals surface area contributed by atoms with Crippen molar-refractivity contribution in [1.29, 1.82) is 0 Å². The number of esters is 1. The summed E-state index contributed by atoms with van der Waals surface area (Å²) >= 11 is 5.70. The standard InChI is InChI=1S/C14H18ClN3O6S/c1-14(2,3)18-13(21)17-11(19)7-24-12(20)8-4-5-9(15)10(6-8)25(16,22)23/h4-6H,7H2,1-3H3,(H2,16,22,23)(H2,17,18,19,21). The van der Waals surface area contributed by atoms with Crippen LogP contribution in [0.2, 0.25) is 5.02 Å². The molecule has 0 radical (unpaired) electrons. The van der Waals surface area contributed by atoms with Crippen molar-refractivity contribution in [3.8, 4) is 0 Å². The second kappa shape index (κ2) is 7.81. The maximum absolute atomic E-state index is 11.9. The highest BCUT2D eigenvalue weighted by Gasteiger charge is 2.19. The number of primary sulfonamides is 1. The van der Waals surface area contributed by atoms with Crippen molar-refractivity contribution in [2.45, 2.75) is 31.2 Å². The fourth-order valence-corrected chi connectivity index (χ4v) is 2.67. The molecule has 1 aromatic rings. The lowest BCUT2D eigenvalue weighted by atomic mass is 10.1. The van der Waals surface area contributed by atoms with Gasteiger partial charge in [-0.25, -0.2) is 23.1 Å². The molecule has 0 fully saturated rings. The highest BCUT2D eigenvalue weighted by atomic mass is 35.5. The topological polar surface area (TPSA) is 145 Å². The third kappa shape index (κ3) is 7.08. The number of carbonyl (C=O) groups excluding carboxylic acids is 3. The Morgan fingerprint density at radius 3 is 2.36 bits per heavy atom. The monoisotopic (exact) mass is 391 g/mol. The molecule has 0 spiro atoms. The number of carbonyl (C=O) groups is 3. The van der Waals surface area contributed by atoms with Crippen LogP contribution in [-0.2, 0) is 19.6 Å². The van der Waals surface area contributed by atoms with Gasteiger partial charge >= 0.3 is 12.0 Å². The number of nitrogens with one attached hydrogen (secondary N) is 2. The molecule has 0 atom stereocenters. The first-order valence-corrected chi connectivity index (χ1v) is 8.83. The zero-order valence-corrected chi connectivity index (χ0v) is 15.3. The first-order valence-electron chi connectivity index (χ1n) is 6.91. The van der Waals surface area contributed by atoms with E-state index in [1.807, 2.05) is 5.32 Å². The van der Waals surface area contributed by atoms with Crippen molar-refractivity contribution in [1.82, 2.24) is 10.6 Å². The predicted molar refractivity (Wildman–Crippen MR) is 89.5 cm³/mol. The SMILES string of the molecule is CC(C)(C)NC(=O)NC(=O)COC(=O)c1ccc(Cl)c(S(N)(=O)=O)c1. The fourth-order valence-electron chi connectivity index (χ4n) is 1.60. The van der Waals surface area contributed by atoms with E-state index in [1.165, 1.54) is 6.07 Å². The van der Waals surface area contributed by atoms with Gasteiger partial charge < -0.3 is 10.1 Å². The smallest absolute Gasteiger partial charge is 0.338 e. The lowest BCUT2D eigenvalue weighted by Crippen LogP contribution is -2.49. The first kappa shape index (κ1) is 20.9. The van der Waals surface area contributed by atoms with E-state index in [9.17, 15) is 22.8 Å². The molecule has 1 rings (SSSR count). The van der Waals surface area contributed by atoms with Crippen LogP contribution < -0.4 is 15.8 Å². The summed E-state index contributed by atoms with van der Waals surface area (Å²) in [5.74, 6) is -1.83. The van der Waals surface area contributed by atoms with Gasteiger partial charge in [-0.3, -0.25) is 10.1 Å². The lowest BCUT2D eigenvalue weighted by molar-refractivity contribution is -0.123. The number of benzene rings is 1. The summed E-state index contributed by atoms with van der Waals surface area (Å²) in [4.78, 5) is 34.5. The summed E-state index contributed by atoms with van der Waals surface area (Å²) in [6.45, 7) is 4.44. The Balaban J connectivity index is 2.69. The number of nitrogens with two attached hydrogens (primary N) is 1. The maximum atomic E-state index is 11.9. The van der Waals surface area contributed by atoms with Crippen LogP contribution in [0.25, 0.3) is 0 Å². The summed E-state index contributed by atoms with van der Waals surface area (Å²) in [5.41, 5.74) is -0.713. The molecule has 9 nitrogen and oxygen atoms in total. The van der Waals surface area contributed by atoms with Crippen LogP contribution in [0.5, 0.6) is 0 Å². The lowest BCUT2D eigenvalue weighted by Gasteiger charge is -2.20. The number of sulfonamides is 1. The largest absolute Gasteiger partial charge is 0.452 e. The molecule has 0 unspecified atom stereocenters. The van der Waals surface area contributed by atoms with Gasteiger partial charge in [0.25, 0.3) is 5.91 Å². The molecule has 0 aliphatic carbocycles. The summed E-state index contributed by atoms with van der Waals surface area (Å²) in [6, 6.07) is 2.57. The molecule has 138 valence electrons. The summed E-state index contributed by atoms with van der Waals surface area (Å²) in [5, 5.41) is 9.30. The number of ether oxygens (including phenoxy) is 1. The van der Waals surface area contributed by atoms with Gasteiger partial charge in [-0.2, -0.15) is 0 Å². The summed E-state index contributed by atoms with van der Waals surface area (Å²) < 4.78 is 27.4. The summed E-state index contributed by atoms with van der Waals surface area (Å²) in [6.07, 6.45) is 0. The fraction of sp³-hybridized carbons (Fsp3) is 0.357. The molecule has 0 bridgehead atoms. The van der Waals surface area contributed by atoms with Gasteiger partial charge in [-0.15, -0.1) is 0 Å². The van der Waals surface area contributed by atoms with Crippen LogP contribution in [0.4, 0.5) is 4.79 Å². The van der Waals surface area contributed by atoms with E-state index >= 15 is 0 Å². The van der Waals surface area contributed by atoms with Crippen molar-refractivity contribution in [2.75, 3.05) is 6.61 Å². The predicted octanol–water partition coefficient (Wildman–Crippen LogP) is 0.769. The zero-order chi connectivity index (χ0) is 19.4. The van der Waals surface area contributed by atoms with Gasteiger partial charge in [-0.1, -0.05) is 11.6 Å². The molecule has 0 aromatic heterocycles. The van der Waals surface area contributed by atoms with Crippen LogP contribution in [0, 0.1) is 0 Å². The molecule has 0 aliphatic rings. The normalized spacial score (nSPS) is 11.6. The minimum atomic E-state index is -4.13. The van der Waals surface area contributed by atoms with Crippen molar-refractivity contribution in [2.24, 2.45) is 5.14 Å². The molecule has 3 amide bonds. The first-order chi connectivity index (χ1) is 11.3. The highest BCUT2D eigenvalue weighted by Crippen LogP contribution is 2.21. The van der Waals surface area contributed by atoms with E-state index in [2.05, 4.69) is 5.32 Å². The van der Waals surface area contributed by atoms with Gasteiger partial charge in [-0.05, 0) is 39.0 Å². The molecule has 4 N–H and O–H groups in total. The highest BCUT2D eigenvalue weighted by molar-refractivity contribution is 7.89. The maximum Gasteiger partial charge on any atom is 0.338 e. The average Bonchev–Trinajstić information content (AvgIpc) is 2.41. The number of imide groups is 1. The molecule has 25 heavy (non-hydrogen) atoms. The van der Waals surface area contributed by atoms with Crippen LogP contribution in [0.15, 0.2) is 23.1 Å². The Kier molecular flexibility index (Phi) is 6.52. The molecule has 0 aliphatic heterocycles. The van der Waals surface area contributed by atoms with Crippen LogP contribution >= 0.6 is 11.6 Å². The molecule has 1 aromatic carbocycles. The van der Waals surface area contributed by atoms with E-state index in [0.717, 1.165) is 12.1 Å². The van der Waals surface area contributed by atoms with E-state index in [0.29, 0.717) is 0 Å². The van der Waals surface area contributed by atoms with Crippen molar-refractivity contribution in [3.05, 3.63) is 28.8 Å². The van der Waals surface area contributed by atoms with E-state index in [1.54, 1.807) is 20.8 Å². The minimum absolute atomic E-state index is 0.157. The number of urea groups is 1. The Labute approximate surface area is 149 Å². The molecular formula is C14H18ClN3O6S. The molecule has 0 saturated carbocycles. The number of halogens is 1. The second-order valence-electron chi connectivity index (χ2n) is 6.02. The summed E-state index contributed by atoms with van der Waals surface area (Å²) in [7, 11) is -4.13. The van der Waals surface area contributed by atoms with Crippen LogP contribution in [-0.4, -0.2) is 38.5 Å². The number of rotatable bonds is 4. The van der Waals surface area contributed by atoms with Gasteiger partial charge in [0.1, 0.15) is 4.90 Å².